The quantitative estimate of drug-likeness (QED) is 0.895. The van der Waals surface area contributed by atoms with Gasteiger partial charge >= 0.3 is 0 Å². The number of hydrogen-bond acceptors (Lipinski definition) is 4. The van der Waals surface area contributed by atoms with Crippen molar-refractivity contribution in [2.75, 3.05) is 11.9 Å². The molecule has 17 heavy (non-hydrogen) atoms. The van der Waals surface area contributed by atoms with Gasteiger partial charge in [-0.3, -0.25) is 14.5 Å². The first kappa shape index (κ1) is 12.0. The summed E-state index contributed by atoms with van der Waals surface area (Å²) >= 11 is 1.03. The number of benzene rings is 1. The van der Waals surface area contributed by atoms with Crippen molar-refractivity contribution in [1.29, 1.82) is 0 Å². The first-order valence-corrected chi connectivity index (χ1v) is 6.35. The van der Waals surface area contributed by atoms with E-state index in [0.717, 1.165) is 23.0 Å². The second-order valence-corrected chi connectivity index (χ2v) is 4.91. The summed E-state index contributed by atoms with van der Waals surface area (Å²) in [5.41, 5.74) is 2.01. The second kappa shape index (κ2) is 4.79. The van der Waals surface area contributed by atoms with Gasteiger partial charge in [0.1, 0.15) is 0 Å². The number of anilines is 1. The number of hydrogen-bond donors (Lipinski definition) is 1. The van der Waals surface area contributed by atoms with Crippen molar-refractivity contribution >= 4 is 28.6 Å². The fraction of sp³-hybridized carbons (Fsp3) is 0.333. The normalized spacial score (nSPS) is 19.9. The maximum atomic E-state index is 11.8. The van der Waals surface area contributed by atoms with Crippen LogP contribution in [-0.4, -0.2) is 28.0 Å². The van der Waals surface area contributed by atoms with Crippen LogP contribution in [0, 0.1) is 6.92 Å². The summed E-state index contributed by atoms with van der Waals surface area (Å²) in [7, 11) is 0. The molecule has 1 saturated heterocycles. The molecule has 0 spiro atoms. The first-order valence-electron chi connectivity index (χ1n) is 5.47. The molecule has 5 heteroatoms. The maximum Gasteiger partial charge on any atom is 0.290 e. The highest BCUT2D eigenvalue weighted by Crippen LogP contribution is 2.27. The summed E-state index contributed by atoms with van der Waals surface area (Å²) in [5, 5.41) is 2.39. The van der Waals surface area contributed by atoms with Crippen molar-refractivity contribution in [2.45, 2.75) is 19.2 Å². The SMILES string of the molecule is CCN1C(=O)S[C@@H](Nc2ccc(C)cc2)C1=O. The number of likely N-dealkylation sites (N-methyl/N-ethyl adjacent to an activating group) is 1. The van der Waals surface area contributed by atoms with E-state index in [1.165, 1.54) is 4.90 Å². The Morgan fingerprint density at radius 3 is 2.47 bits per heavy atom. The molecule has 0 bridgehead atoms. The zero-order valence-electron chi connectivity index (χ0n) is 9.77. The number of thioether (sulfide) groups is 1. The van der Waals surface area contributed by atoms with E-state index in [1.807, 2.05) is 31.2 Å². The molecule has 1 N–H and O–H groups in total. The van der Waals surface area contributed by atoms with Gasteiger partial charge in [-0.25, -0.2) is 0 Å². The number of aryl methyl sites for hydroxylation is 1. The zero-order valence-corrected chi connectivity index (χ0v) is 10.6. The summed E-state index contributed by atoms with van der Waals surface area (Å²) in [5.74, 6) is -0.164. The molecule has 2 amide bonds. The Kier molecular flexibility index (Phi) is 3.38. The number of carbonyl (C=O) groups is 2. The Hall–Kier alpha value is -1.49. The number of imide groups is 1. The van der Waals surface area contributed by atoms with Crippen molar-refractivity contribution < 1.29 is 9.59 Å². The van der Waals surface area contributed by atoms with E-state index < -0.39 is 5.37 Å². The van der Waals surface area contributed by atoms with Gasteiger partial charge in [0.05, 0.1) is 0 Å². The van der Waals surface area contributed by atoms with Crippen molar-refractivity contribution in [2.24, 2.45) is 0 Å². The Morgan fingerprint density at radius 1 is 1.29 bits per heavy atom. The largest absolute Gasteiger partial charge is 0.365 e. The van der Waals surface area contributed by atoms with Crippen molar-refractivity contribution in [1.82, 2.24) is 4.90 Å². The fourth-order valence-corrected chi connectivity index (χ4v) is 2.59. The van der Waals surface area contributed by atoms with E-state index in [4.69, 9.17) is 0 Å². The van der Waals surface area contributed by atoms with Crippen LogP contribution in [0.25, 0.3) is 0 Å². The fourth-order valence-electron chi connectivity index (χ4n) is 1.62. The highest BCUT2D eigenvalue weighted by atomic mass is 32.2. The van der Waals surface area contributed by atoms with Gasteiger partial charge < -0.3 is 5.32 Å². The minimum Gasteiger partial charge on any atom is -0.365 e. The van der Waals surface area contributed by atoms with Crippen LogP contribution in [0.15, 0.2) is 24.3 Å². The van der Waals surface area contributed by atoms with Gasteiger partial charge in [0.2, 0.25) is 0 Å². The third-order valence-corrected chi connectivity index (χ3v) is 3.57. The molecule has 1 aliphatic rings. The molecule has 0 aromatic heterocycles. The van der Waals surface area contributed by atoms with E-state index >= 15 is 0 Å². The summed E-state index contributed by atoms with van der Waals surface area (Å²) in [4.78, 5) is 24.6. The van der Waals surface area contributed by atoms with E-state index in [0.29, 0.717) is 6.54 Å². The van der Waals surface area contributed by atoms with E-state index in [2.05, 4.69) is 5.32 Å². The van der Waals surface area contributed by atoms with Crippen LogP contribution in [0.2, 0.25) is 0 Å². The molecule has 90 valence electrons. The third kappa shape index (κ3) is 2.44. The predicted molar refractivity (Wildman–Crippen MR) is 69.0 cm³/mol. The van der Waals surface area contributed by atoms with Crippen LogP contribution in [0.4, 0.5) is 10.5 Å². The average Bonchev–Trinajstić information content (AvgIpc) is 2.57. The van der Waals surface area contributed by atoms with Crippen LogP contribution in [0.5, 0.6) is 0 Å². The Labute approximate surface area is 104 Å². The zero-order chi connectivity index (χ0) is 12.4. The molecule has 1 aromatic carbocycles. The van der Waals surface area contributed by atoms with Crippen molar-refractivity contribution in [3.05, 3.63) is 29.8 Å². The Bertz CT molecular complexity index is 444. The maximum absolute atomic E-state index is 11.8. The summed E-state index contributed by atoms with van der Waals surface area (Å²) in [6, 6.07) is 7.74. The number of amides is 2. The van der Waals surface area contributed by atoms with E-state index in [1.54, 1.807) is 6.92 Å². The van der Waals surface area contributed by atoms with Gasteiger partial charge in [-0.15, -0.1) is 0 Å². The van der Waals surface area contributed by atoms with E-state index in [-0.39, 0.29) is 11.1 Å². The highest BCUT2D eigenvalue weighted by molar-refractivity contribution is 8.15. The van der Waals surface area contributed by atoms with Crippen LogP contribution in [-0.2, 0) is 4.79 Å². The lowest BCUT2D eigenvalue weighted by atomic mass is 10.2. The smallest absolute Gasteiger partial charge is 0.290 e. The van der Waals surface area contributed by atoms with Crippen LogP contribution < -0.4 is 5.32 Å². The summed E-state index contributed by atoms with van der Waals surface area (Å²) < 4.78 is 0. The van der Waals surface area contributed by atoms with Gasteiger partial charge in [-0.05, 0) is 37.7 Å². The van der Waals surface area contributed by atoms with Gasteiger partial charge in [-0.2, -0.15) is 0 Å². The standard InChI is InChI=1S/C12H14N2O2S/c1-3-14-11(15)10(17-12(14)16)13-9-6-4-8(2)5-7-9/h4-7,10,13H,3H2,1-2H3/t10-/m1/s1. The van der Waals surface area contributed by atoms with Crippen molar-refractivity contribution in [3.8, 4) is 0 Å². The first-order chi connectivity index (χ1) is 8.11. The summed E-state index contributed by atoms with van der Waals surface area (Å²) in [6.07, 6.45) is 0. The van der Waals surface area contributed by atoms with Gasteiger partial charge in [0, 0.05) is 12.2 Å². The number of nitrogens with one attached hydrogen (secondary N) is 1. The lowest BCUT2D eigenvalue weighted by Gasteiger charge is -2.12. The van der Waals surface area contributed by atoms with E-state index in [9.17, 15) is 9.59 Å². The van der Waals surface area contributed by atoms with Gasteiger partial charge in [0.25, 0.3) is 11.1 Å². The van der Waals surface area contributed by atoms with Gasteiger partial charge in [0.15, 0.2) is 5.37 Å². The molecular formula is C12H14N2O2S. The second-order valence-electron chi connectivity index (χ2n) is 3.86. The molecule has 0 unspecified atom stereocenters. The average molecular weight is 250 g/mol. The van der Waals surface area contributed by atoms with Gasteiger partial charge in [-0.1, -0.05) is 17.7 Å². The van der Waals surface area contributed by atoms with Crippen molar-refractivity contribution in [3.63, 3.8) is 0 Å². The molecule has 4 nitrogen and oxygen atoms in total. The minimum absolute atomic E-state index is 0.164. The number of carbonyl (C=O) groups excluding carboxylic acids is 2. The Morgan fingerprint density at radius 2 is 1.94 bits per heavy atom. The summed E-state index contributed by atoms with van der Waals surface area (Å²) in [6.45, 7) is 4.23. The highest BCUT2D eigenvalue weighted by Gasteiger charge is 2.38. The predicted octanol–water partition coefficient (Wildman–Crippen LogP) is 2.45. The topological polar surface area (TPSA) is 49.4 Å². The molecule has 1 aliphatic heterocycles. The minimum atomic E-state index is -0.495. The van der Waals surface area contributed by atoms with Crippen LogP contribution in [0.3, 0.4) is 0 Å². The molecule has 0 radical (unpaired) electrons. The molecule has 1 heterocycles. The molecular weight excluding hydrogens is 236 g/mol. The number of nitrogens with zero attached hydrogens (tertiary/aromatic N) is 1. The van der Waals surface area contributed by atoms with Crippen LogP contribution in [0.1, 0.15) is 12.5 Å². The molecule has 2 rings (SSSR count). The molecule has 1 fully saturated rings. The van der Waals surface area contributed by atoms with Crippen LogP contribution >= 0.6 is 11.8 Å². The molecule has 1 atom stereocenters. The molecule has 1 aromatic rings. The lowest BCUT2D eigenvalue weighted by molar-refractivity contribution is -0.126. The monoisotopic (exact) mass is 250 g/mol. The molecule has 0 saturated carbocycles. The Balaban J connectivity index is 2.08. The number of rotatable bonds is 3. The third-order valence-electron chi connectivity index (χ3n) is 2.59. The molecule has 0 aliphatic carbocycles. The lowest BCUT2D eigenvalue weighted by Crippen LogP contribution is -2.34.